The maximum atomic E-state index is 12.4. The van der Waals surface area contributed by atoms with E-state index in [2.05, 4.69) is 10.1 Å². The third kappa shape index (κ3) is 2.42. The highest BCUT2D eigenvalue weighted by atomic mass is 32.1. The smallest absolute Gasteiger partial charge is 0.250 e. The van der Waals surface area contributed by atoms with Gasteiger partial charge >= 0.3 is 0 Å². The monoisotopic (exact) mass is 286 g/mol. The molecule has 5 nitrogen and oxygen atoms in total. The summed E-state index contributed by atoms with van der Waals surface area (Å²) in [6.07, 6.45) is 3.45. The van der Waals surface area contributed by atoms with Crippen molar-refractivity contribution in [1.82, 2.24) is 14.8 Å². The van der Waals surface area contributed by atoms with E-state index in [0.717, 1.165) is 15.3 Å². The molecule has 0 unspecified atom stereocenters. The van der Waals surface area contributed by atoms with Gasteiger partial charge < -0.3 is 0 Å². The normalized spacial score (nSPS) is 10.8. The first kappa shape index (κ1) is 12.8. The van der Waals surface area contributed by atoms with Crippen molar-refractivity contribution in [3.05, 3.63) is 42.7 Å². The Morgan fingerprint density at radius 1 is 1.35 bits per heavy atom. The summed E-state index contributed by atoms with van der Waals surface area (Å²) in [5.74, 6) is -0.00439. The number of hydrogen-bond acceptors (Lipinski definition) is 4. The van der Waals surface area contributed by atoms with E-state index >= 15 is 0 Å². The van der Waals surface area contributed by atoms with Gasteiger partial charge in [-0.05, 0) is 25.1 Å². The lowest BCUT2D eigenvalue weighted by atomic mass is 10.3. The van der Waals surface area contributed by atoms with E-state index in [1.807, 2.05) is 31.2 Å². The first-order valence-corrected chi connectivity index (χ1v) is 7.23. The average molecular weight is 286 g/mol. The maximum Gasteiger partial charge on any atom is 0.250 e. The van der Waals surface area contributed by atoms with Gasteiger partial charge in [-0.25, -0.2) is 4.98 Å². The van der Waals surface area contributed by atoms with Crippen molar-refractivity contribution < 1.29 is 4.79 Å². The molecule has 0 aliphatic carbocycles. The number of nitrogens with zero attached hydrogens (tertiary/aromatic N) is 4. The maximum absolute atomic E-state index is 12.4. The lowest BCUT2D eigenvalue weighted by molar-refractivity contribution is -0.119. The Hall–Kier alpha value is -2.21. The topological polar surface area (TPSA) is 51.0 Å². The number of aromatic nitrogens is 3. The van der Waals surface area contributed by atoms with Crippen molar-refractivity contribution in [2.24, 2.45) is 0 Å². The lowest BCUT2D eigenvalue weighted by Gasteiger charge is -2.17. The molecule has 1 aromatic carbocycles. The van der Waals surface area contributed by atoms with Crippen molar-refractivity contribution in [3.8, 4) is 0 Å². The first-order valence-electron chi connectivity index (χ1n) is 6.41. The van der Waals surface area contributed by atoms with E-state index < -0.39 is 0 Å². The van der Waals surface area contributed by atoms with Crippen LogP contribution >= 0.6 is 11.3 Å². The van der Waals surface area contributed by atoms with Crippen molar-refractivity contribution in [3.63, 3.8) is 0 Å². The molecule has 0 bridgehead atoms. The summed E-state index contributed by atoms with van der Waals surface area (Å²) >= 11 is 1.54. The van der Waals surface area contributed by atoms with E-state index in [1.165, 1.54) is 11.3 Å². The number of benzene rings is 1. The highest BCUT2D eigenvalue weighted by molar-refractivity contribution is 7.22. The zero-order valence-corrected chi connectivity index (χ0v) is 11.9. The molecule has 0 atom stereocenters. The highest BCUT2D eigenvalue weighted by Gasteiger charge is 2.18. The molecular weight excluding hydrogens is 272 g/mol. The van der Waals surface area contributed by atoms with Crippen LogP contribution in [0.1, 0.15) is 6.92 Å². The molecule has 0 spiro atoms. The third-order valence-electron chi connectivity index (χ3n) is 2.99. The average Bonchev–Trinajstić information content (AvgIpc) is 3.08. The fourth-order valence-electron chi connectivity index (χ4n) is 2.01. The summed E-state index contributed by atoms with van der Waals surface area (Å²) in [5, 5.41) is 4.80. The molecule has 0 fully saturated rings. The Balaban J connectivity index is 1.86. The second-order valence-electron chi connectivity index (χ2n) is 4.31. The van der Waals surface area contributed by atoms with Crippen LogP contribution in [0, 0.1) is 0 Å². The molecule has 0 radical (unpaired) electrons. The van der Waals surface area contributed by atoms with Crippen LogP contribution in [-0.2, 0) is 11.3 Å². The zero-order valence-electron chi connectivity index (χ0n) is 11.1. The predicted octanol–water partition coefficient (Wildman–Crippen LogP) is 2.55. The largest absolute Gasteiger partial charge is 0.287 e. The molecule has 20 heavy (non-hydrogen) atoms. The molecular formula is C14H14N4OS. The number of carbonyl (C=O) groups is 1. The molecule has 2 aromatic heterocycles. The summed E-state index contributed by atoms with van der Waals surface area (Å²) in [6, 6.07) is 9.71. The Bertz CT molecular complexity index is 687. The van der Waals surface area contributed by atoms with E-state index in [-0.39, 0.29) is 12.5 Å². The highest BCUT2D eigenvalue weighted by Crippen LogP contribution is 2.28. The van der Waals surface area contributed by atoms with Crippen LogP contribution in [0.15, 0.2) is 42.7 Å². The summed E-state index contributed by atoms with van der Waals surface area (Å²) in [7, 11) is 0. The second-order valence-corrected chi connectivity index (χ2v) is 5.31. The van der Waals surface area contributed by atoms with Crippen molar-refractivity contribution in [2.75, 3.05) is 11.4 Å². The van der Waals surface area contributed by atoms with E-state index in [4.69, 9.17) is 0 Å². The number of likely N-dealkylation sites (N-methyl/N-ethyl adjacent to an activating group) is 1. The molecule has 3 aromatic rings. The van der Waals surface area contributed by atoms with E-state index in [9.17, 15) is 4.79 Å². The molecule has 3 rings (SSSR count). The van der Waals surface area contributed by atoms with Crippen LogP contribution in [0.3, 0.4) is 0 Å². The van der Waals surface area contributed by atoms with Crippen molar-refractivity contribution in [1.29, 1.82) is 0 Å². The number of fused-ring (bicyclic) bond motifs is 1. The van der Waals surface area contributed by atoms with Gasteiger partial charge in [-0.3, -0.25) is 14.4 Å². The van der Waals surface area contributed by atoms with Crippen LogP contribution in [-0.4, -0.2) is 27.2 Å². The standard InChI is InChI=1S/C14H14N4OS/c1-2-18(13(19)10-17-9-5-8-15-17)14-16-11-6-3-4-7-12(11)20-14/h3-9H,2,10H2,1H3. The molecule has 0 saturated carbocycles. The molecule has 0 saturated heterocycles. The third-order valence-corrected chi connectivity index (χ3v) is 4.05. The minimum Gasteiger partial charge on any atom is -0.287 e. The van der Waals surface area contributed by atoms with Gasteiger partial charge in [-0.2, -0.15) is 5.10 Å². The van der Waals surface area contributed by atoms with E-state index in [1.54, 1.807) is 28.0 Å². The summed E-state index contributed by atoms with van der Waals surface area (Å²) < 4.78 is 2.71. The van der Waals surface area contributed by atoms with Crippen LogP contribution < -0.4 is 4.90 Å². The van der Waals surface area contributed by atoms with Crippen LogP contribution in [0.25, 0.3) is 10.2 Å². The SMILES string of the molecule is CCN(C(=O)Cn1cccn1)c1nc2ccccc2s1. The van der Waals surface area contributed by atoms with Crippen molar-refractivity contribution in [2.45, 2.75) is 13.5 Å². The van der Waals surface area contributed by atoms with Crippen LogP contribution in [0.4, 0.5) is 5.13 Å². The van der Waals surface area contributed by atoms with Gasteiger partial charge in [0.15, 0.2) is 5.13 Å². The number of rotatable bonds is 4. The Morgan fingerprint density at radius 3 is 2.90 bits per heavy atom. The number of thiazole rings is 1. The molecule has 6 heteroatoms. The Morgan fingerprint density at radius 2 is 2.20 bits per heavy atom. The summed E-state index contributed by atoms with van der Waals surface area (Å²) in [4.78, 5) is 18.6. The number of para-hydroxylation sites is 1. The molecule has 1 amide bonds. The number of carbonyl (C=O) groups excluding carboxylic acids is 1. The molecule has 0 N–H and O–H groups in total. The summed E-state index contributed by atoms with van der Waals surface area (Å²) in [5.41, 5.74) is 0.929. The summed E-state index contributed by atoms with van der Waals surface area (Å²) in [6.45, 7) is 2.78. The number of anilines is 1. The lowest BCUT2D eigenvalue weighted by Crippen LogP contribution is -2.33. The van der Waals surface area contributed by atoms with Gasteiger partial charge in [0.1, 0.15) is 6.54 Å². The van der Waals surface area contributed by atoms with Crippen LogP contribution in [0.5, 0.6) is 0 Å². The number of amides is 1. The minimum atomic E-state index is -0.00439. The molecule has 102 valence electrons. The van der Waals surface area contributed by atoms with Gasteiger partial charge in [0, 0.05) is 18.9 Å². The number of hydrogen-bond donors (Lipinski definition) is 0. The van der Waals surface area contributed by atoms with Crippen molar-refractivity contribution >= 4 is 32.6 Å². The fraction of sp³-hybridized carbons (Fsp3) is 0.214. The minimum absolute atomic E-state index is 0.00439. The zero-order chi connectivity index (χ0) is 13.9. The molecule has 0 aliphatic heterocycles. The quantitative estimate of drug-likeness (QED) is 0.740. The van der Waals surface area contributed by atoms with Gasteiger partial charge in [0.05, 0.1) is 10.2 Å². The Labute approximate surface area is 120 Å². The molecule has 2 heterocycles. The predicted molar refractivity (Wildman–Crippen MR) is 79.9 cm³/mol. The van der Waals surface area contributed by atoms with Gasteiger partial charge in [0.2, 0.25) is 5.91 Å². The van der Waals surface area contributed by atoms with Crippen LogP contribution in [0.2, 0.25) is 0 Å². The van der Waals surface area contributed by atoms with Gasteiger partial charge in [-0.1, -0.05) is 23.5 Å². The Kier molecular flexibility index (Phi) is 3.47. The molecule has 0 aliphatic rings. The van der Waals surface area contributed by atoms with Gasteiger partial charge in [0.25, 0.3) is 0 Å². The first-order chi connectivity index (χ1) is 9.78. The second kappa shape index (κ2) is 5.42. The van der Waals surface area contributed by atoms with E-state index in [0.29, 0.717) is 6.54 Å². The van der Waals surface area contributed by atoms with Gasteiger partial charge in [-0.15, -0.1) is 0 Å². The fourth-order valence-corrected chi connectivity index (χ4v) is 3.06.